The van der Waals surface area contributed by atoms with Crippen LogP contribution in [0.25, 0.3) is 0 Å². The van der Waals surface area contributed by atoms with Gasteiger partial charge in [0.2, 0.25) is 0 Å². The zero-order chi connectivity index (χ0) is 22.6. The average Bonchev–Trinajstić information content (AvgIpc) is 3.15. The smallest absolute Gasteiger partial charge is 0.410 e. The van der Waals surface area contributed by atoms with Gasteiger partial charge in [-0.25, -0.2) is 4.79 Å². The molecule has 176 valence electrons. The van der Waals surface area contributed by atoms with Gasteiger partial charge in [0.05, 0.1) is 6.04 Å². The Kier molecular flexibility index (Phi) is 6.83. The number of piperazine rings is 1. The number of piperidine rings is 1. The summed E-state index contributed by atoms with van der Waals surface area (Å²) in [6.07, 6.45) is 2.94. The minimum atomic E-state index is -0.190. The summed E-state index contributed by atoms with van der Waals surface area (Å²) in [5.41, 5.74) is 5.07. The van der Waals surface area contributed by atoms with E-state index in [0.717, 1.165) is 70.7 Å². The first-order valence-electron chi connectivity index (χ1n) is 12.3. The number of likely N-dealkylation sites (tertiary alicyclic amines) is 1. The standard InChI is InChI=1S/C27H35N3O3/c1-32-17-5-11-28-13-15-29(16-14-28)23-8-9-24-22-10-12-30(26(18-22)25(24)19-23)27(31)33-20-21-6-3-2-4-7-21/h2-4,6-9,19,22,26H,5,10-18,20H2,1H3/t22-,26+/m1/s1. The van der Waals surface area contributed by atoms with Gasteiger partial charge in [-0.15, -0.1) is 0 Å². The Morgan fingerprint density at radius 1 is 1.00 bits per heavy atom. The number of carbonyl (C=O) groups excluding carboxylic acids is 1. The molecular formula is C27H35N3O3. The van der Waals surface area contributed by atoms with Crippen molar-refractivity contribution in [2.45, 2.75) is 37.8 Å². The predicted octanol–water partition coefficient (Wildman–Crippen LogP) is 4.42. The van der Waals surface area contributed by atoms with Crippen molar-refractivity contribution < 1.29 is 14.3 Å². The number of fused-ring (bicyclic) bond motifs is 5. The Morgan fingerprint density at radius 3 is 2.61 bits per heavy atom. The zero-order valence-electron chi connectivity index (χ0n) is 19.6. The molecule has 2 bridgehead atoms. The molecule has 0 radical (unpaired) electrons. The van der Waals surface area contributed by atoms with Gasteiger partial charge in [0, 0.05) is 58.7 Å². The van der Waals surface area contributed by atoms with E-state index < -0.39 is 0 Å². The summed E-state index contributed by atoms with van der Waals surface area (Å²) in [5.74, 6) is 0.565. The lowest BCUT2D eigenvalue weighted by molar-refractivity contribution is 0.0694. The fourth-order valence-corrected chi connectivity index (χ4v) is 5.64. The van der Waals surface area contributed by atoms with Crippen molar-refractivity contribution in [2.24, 2.45) is 0 Å². The minimum Gasteiger partial charge on any atom is -0.445 e. The number of hydrogen-bond acceptors (Lipinski definition) is 5. The second-order valence-corrected chi connectivity index (χ2v) is 9.46. The van der Waals surface area contributed by atoms with Crippen molar-refractivity contribution in [2.75, 3.05) is 57.9 Å². The fourth-order valence-electron chi connectivity index (χ4n) is 5.64. The summed E-state index contributed by atoms with van der Waals surface area (Å²) < 4.78 is 10.9. The first-order chi connectivity index (χ1) is 16.2. The van der Waals surface area contributed by atoms with E-state index in [9.17, 15) is 4.79 Å². The second kappa shape index (κ2) is 10.1. The average molecular weight is 450 g/mol. The molecule has 33 heavy (non-hydrogen) atoms. The van der Waals surface area contributed by atoms with Gasteiger partial charge in [-0.05, 0) is 54.0 Å². The summed E-state index contributed by atoms with van der Waals surface area (Å²) in [7, 11) is 1.77. The number of amides is 1. The van der Waals surface area contributed by atoms with Gasteiger partial charge in [-0.2, -0.15) is 0 Å². The maximum absolute atomic E-state index is 13.0. The number of hydrogen-bond donors (Lipinski definition) is 0. The molecule has 0 saturated carbocycles. The Morgan fingerprint density at radius 2 is 1.82 bits per heavy atom. The molecule has 2 aliphatic heterocycles. The summed E-state index contributed by atoms with van der Waals surface area (Å²) in [6.45, 7) is 7.30. The van der Waals surface area contributed by atoms with Gasteiger partial charge in [0.1, 0.15) is 6.61 Å². The molecule has 6 heteroatoms. The van der Waals surface area contributed by atoms with Gasteiger partial charge in [0.15, 0.2) is 0 Å². The highest BCUT2D eigenvalue weighted by molar-refractivity contribution is 5.70. The third-order valence-electron chi connectivity index (χ3n) is 7.47. The van der Waals surface area contributed by atoms with Crippen molar-refractivity contribution >= 4 is 11.8 Å². The number of benzene rings is 2. The molecule has 2 atom stereocenters. The first kappa shape index (κ1) is 22.2. The lowest BCUT2D eigenvalue weighted by Gasteiger charge is -2.36. The molecule has 3 aliphatic rings. The Bertz CT molecular complexity index is 943. The highest BCUT2D eigenvalue weighted by Crippen LogP contribution is 2.50. The highest BCUT2D eigenvalue weighted by atomic mass is 16.6. The number of methoxy groups -OCH3 is 1. The molecule has 0 unspecified atom stereocenters. The molecular weight excluding hydrogens is 414 g/mol. The number of ether oxygens (including phenoxy) is 2. The molecule has 1 aliphatic carbocycles. The van der Waals surface area contributed by atoms with E-state index in [-0.39, 0.29) is 12.1 Å². The maximum atomic E-state index is 13.0. The fraction of sp³-hybridized carbons (Fsp3) is 0.519. The summed E-state index contributed by atoms with van der Waals surface area (Å²) in [5, 5.41) is 0. The number of nitrogens with zero attached hydrogens (tertiary/aromatic N) is 3. The Balaban J connectivity index is 1.23. The summed E-state index contributed by atoms with van der Waals surface area (Å²) in [6, 6.07) is 17.0. The normalized spacial score (nSPS) is 22.3. The zero-order valence-corrected chi connectivity index (χ0v) is 19.6. The molecule has 5 rings (SSSR count). The van der Waals surface area contributed by atoms with E-state index in [1.54, 1.807) is 7.11 Å². The van der Waals surface area contributed by atoms with Crippen LogP contribution in [-0.2, 0) is 16.1 Å². The number of carbonyl (C=O) groups is 1. The van der Waals surface area contributed by atoms with E-state index in [0.29, 0.717) is 12.5 Å². The number of anilines is 1. The van der Waals surface area contributed by atoms with E-state index in [1.807, 2.05) is 35.2 Å². The van der Waals surface area contributed by atoms with Crippen molar-refractivity contribution in [3.8, 4) is 0 Å². The maximum Gasteiger partial charge on any atom is 0.410 e. The Labute approximate surface area is 197 Å². The largest absolute Gasteiger partial charge is 0.445 e. The van der Waals surface area contributed by atoms with Crippen LogP contribution in [0.15, 0.2) is 48.5 Å². The van der Waals surface area contributed by atoms with Gasteiger partial charge in [-0.1, -0.05) is 36.4 Å². The summed E-state index contributed by atoms with van der Waals surface area (Å²) >= 11 is 0. The van der Waals surface area contributed by atoms with Crippen molar-refractivity contribution in [3.05, 3.63) is 65.2 Å². The van der Waals surface area contributed by atoms with Crippen LogP contribution in [0.2, 0.25) is 0 Å². The van der Waals surface area contributed by atoms with Crippen LogP contribution in [0.5, 0.6) is 0 Å². The molecule has 0 aromatic heterocycles. The van der Waals surface area contributed by atoms with Crippen LogP contribution in [0.3, 0.4) is 0 Å². The highest BCUT2D eigenvalue weighted by Gasteiger charge is 2.41. The molecule has 1 amide bonds. The lowest BCUT2D eigenvalue weighted by Crippen LogP contribution is -2.46. The molecule has 0 N–H and O–H groups in total. The van der Waals surface area contributed by atoms with E-state index >= 15 is 0 Å². The van der Waals surface area contributed by atoms with Gasteiger partial charge in [0.25, 0.3) is 0 Å². The first-order valence-corrected chi connectivity index (χ1v) is 12.3. The van der Waals surface area contributed by atoms with Gasteiger partial charge in [-0.3, -0.25) is 4.90 Å². The second-order valence-electron chi connectivity index (χ2n) is 9.46. The molecule has 2 fully saturated rings. The van der Waals surface area contributed by atoms with Crippen LogP contribution < -0.4 is 4.90 Å². The monoisotopic (exact) mass is 449 g/mol. The molecule has 6 nitrogen and oxygen atoms in total. The van der Waals surface area contributed by atoms with Crippen LogP contribution in [0.1, 0.15) is 47.9 Å². The van der Waals surface area contributed by atoms with Crippen molar-refractivity contribution in [1.29, 1.82) is 0 Å². The minimum absolute atomic E-state index is 0.136. The Hall–Kier alpha value is -2.57. The van der Waals surface area contributed by atoms with Crippen molar-refractivity contribution in [1.82, 2.24) is 9.80 Å². The van der Waals surface area contributed by atoms with Gasteiger partial charge >= 0.3 is 6.09 Å². The SMILES string of the molecule is COCCCN1CCN(c2ccc3c(c2)[C@@H]2C[C@H]3CCN2C(=O)OCc2ccccc2)CC1. The lowest BCUT2D eigenvalue weighted by atomic mass is 9.96. The quantitative estimate of drug-likeness (QED) is 0.586. The summed E-state index contributed by atoms with van der Waals surface area (Å²) in [4.78, 5) is 20.0. The third kappa shape index (κ3) is 4.87. The van der Waals surface area contributed by atoms with E-state index in [2.05, 4.69) is 28.0 Å². The molecule has 2 aromatic carbocycles. The van der Waals surface area contributed by atoms with Gasteiger partial charge < -0.3 is 19.3 Å². The molecule has 2 saturated heterocycles. The van der Waals surface area contributed by atoms with Crippen LogP contribution in [-0.4, -0.2) is 68.9 Å². The number of rotatable bonds is 7. The van der Waals surface area contributed by atoms with Crippen LogP contribution >= 0.6 is 0 Å². The van der Waals surface area contributed by atoms with E-state index in [1.165, 1.54) is 16.8 Å². The topological polar surface area (TPSA) is 45.2 Å². The molecule has 2 heterocycles. The van der Waals surface area contributed by atoms with E-state index in [4.69, 9.17) is 9.47 Å². The van der Waals surface area contributed by atoms with Crippen LogP contribution in [0, 0.1) is 0 Å². The van der Waals surface area contributed by atoms with Crippen molar-refractivity contribution in [3.63, 3.8) is 0 Å². The molecule has 0 spiro atoms. The molecule has 2 aromatic rings. The predicted molar refractivity (Wildman–Crippen MR) is 130 cm³/mol. The third-order valence-corrected chi connectivity index (χ3v) is 7.47. The van der Waals surface area contributed by atoms with Crippen LogP contribution in [0.4, 0.5) is 10.5 Å².